The molecule has 0 aromatic heterocycles. The summed E-state index contributed by atoms with van der Waals surface area (Å²) in [6, 6.07) is 12.9. The van der Waals surface area contributed by atoms with Crippen molar-refractivity contribution in [2.24, 2.45) is 0 Å². The zero-order chi connectivity index (χ0) is 23.4. The Balaban J connectivity index is 1.36. The van der Waals surface area contributed by atoms with Crippen molar-refractivity contribution in [2.75, 3.05) is 39.5 Å². The third-order valence-corrected chi connectivity index (χ3v) is 5.70. The summed E-state index contributed by atoms with van der Waals surface area (Å²) in [6.45, 7) is 2.51. The minimum absolute atomic E-state index is 0.0914. The molecule has 2 aromatic carbocycles. The molecule has 174 valence electrons. The Morgan fingerprint density at radius 1 is 1.18 bits per heavy atom. The smallest absolute Gasteiger partial charge is 0.410 e. The minimum atomic E-state index is -0.521. The number of morpholine rings is 1. The fourth-order valence-electron chi connectivity index (χ4n) is 3.95. The van der Waals surface area contributed by atoms with Gasteiger partial charge >= 0.3 is 6.09 Å². The molecule has 0 spiro atoms. The predicted octanol–water partition coefficient (Wildman–Crippen LogP) is 2.83. The van der Waals surface area contributed by atoms with Crippen LogP contribution in [0, 0.1) is 5.82 Å². The second kappa shape index (κ2) is 9.99. The Labute approximate surface area is 190 Å². The maximum Gasteiger partial charge on any atom is 0.410 e. The van der Waals surface area contributed by atoms with Gasteiger partial charge in [-0.05, 0) is 30.7 Å². The molecule has 4 rings (SSSR count). The molecule has 2 fully saturated rings. The summed E-state index contributed by atoms with van der Waals surface area (Å²) in [4.78, 5) is 40.0. The number of nitrogens with zero attached hydrogens (tertiary/aromatic N) is 2. The van der Waals surface area contributed by atoms with E-state index < -0.39 is 18.0 Å². The first kappa shape index (κ1) is 22.7. The van der Waals surface area contributed by atoms with Crippen LogP contribution in [0.3, 0.4) is 0 Å². The van der Waals surface area contributed by atoms with E-state index in [9.17, 15) is 18.8 Å². The number of carbonyl (C=O) groups is 3. The van der Waals surface area contributed by atoms with Crippen LogP contribution < -0.4 is 4.74 Å². The van der Waals surface area contributed by atoms with Gasteiger partial charge in [0.25, 0.3) is 0 Å². The first-order valence-corrected chi connectivity index (χ1v) is 10.7. The lowest BCUT2D eigenvalue weighted by Crippen LogP contribution is -2.50. The monoisotopic (exact) mass is 456 g/mol. The van der Waals surface area contributed by atoms with Crippen molar-refractivity contribution in [3.63, 3.8) is 0 Å². The van der Waals surface area contributed by atoms with Gasteiger partial charge in [-0.1, -0.05) is 30.3 Å². The van der Waals surface area contributed by atoms with Gasteiger partial charge in [-0.2, -0.15) is 0 Å². The molecule has 2 saturated heterocycles. The van der Waals surface area contributed by atoms with Crippen molar-refractivity contribution in [1.82, 2.24) is 9.80 Å². The SMILES string of the molecule is CC(=O)c1cc(F)ccc1OCC1CN(C(=O)CN2C(=O)OCC2c2ccccc2)CCO1. The third-order valence-electron chi connectivity index (χ3n) is 5.70. The summed E-state index contributed by atoms with van der Waals surface area (Å²) in [5.74, 6) is -0.778. The number of carbonyl (C=O) groups excluding carboxylic acids is 3. The third kappa shape index (κ3) is 5.31. The molecule has 0 N–H and O–H groups in total. The van der Waals surface area contributed by atoms with E-state index in [1.807, 2.05) is 30.3 Å². The highest BCUT2D eigenvalue weighted by Gasteiger charge is 2.37. The molecule has 9 heteroatoms. The summed E-state index contributed by atoms with van der Waals surface area (Å²) in [7, 11) is 0. The molecule has 8 nitrogen and oxygen atoms in total. The number of halogens is 1. The van der Waals surface area contributed by atoms with Gasteiger partial charge < -0.3 is 19.1 Å². The molecule has 0 saturated carbocycles. The number of Topliss-reactive ketones (excluding diaryl/α,β-unsaturated/α-hetero) is 1. The van der Waals surface area contributed by atoms with Gasteiger partial charge in [0.2, 0.25) is 5.91 Å². The molecule has 33 heavy (non-hydrogen) atoms. The lowest BCUT2D eigenvalue weighted by atomic mass is 10.1. The average molecular weight is 456 g/mol. The van der Waals surface area contributed by atoms with E-state index in [1.165, 1.54) is 24.0 Å². The van der Waals surface area contributed by atoms with Crippen LogP contribution in [-0.4, -0.2) is 73.1 Å². The summed E-state index contributed by atoms with van der Waals surface area (Å²) < 4.78 is 30.1. The molecule has 0 bridgehead atoms. The van der Waals surface area contributed by atoms with Gasteiger partial charge in [0.1, 0.15) is 37.4 Å². The second-order valence-electron chi connectivity index (χ2n) is 7.97. The predicted molar refractivity (Wildman–Crippen MR) is 115 cm³/mol. The maximum atomic E-state index is 13.5. The first-order valence-electron chi connectivity index (χ1n) is 10.7. The quantitative estimate of drug-likeness (QED) is 0.596. The Bertz CT molecular complexity index is 1030. The van der Waals surface area contributed by atoms with Crippen LogP contribution in [0.15, 0.2) is 48.5 Å². The molecule has 0 radical (unpaired) electrons. The van der Waals surface area contributed by atoms with Crippen molar-refractivity contribution in [3.8, 4) is 5.75 Å². The van der Waals surface area contributed by atoms with Gasteiger partial charge in [-0.15, -0.1) is 0 Å². The van der Waals surface area contributed by atoms with Crippen molar-refractivity contribution < 1.29 is 33.0 Å². The van der Waals surface area contributed by atoms with Crippen LogP contribution in [0.4, 0.5) is 9.18 Å². The lowest BCUT2D eigenvalue weighted by molar-refractivity contribution is -0.140. The van der Waals surface area contributed by atoms with E-state index in [0.717, 1.165) is 11.6 Å². The van der Waals surface area contributed by atoms with Gasteiger partial charge in [0.05, 0.1) is 24.8 Å². The number of benzene rings is 2. The van der Waals surface area contributed by atoms with E-state index in [4.69, 9.17) is 14.2 Å². The van der Waals surface area contributed by atoms with Crippen LogP contribution in [0.1, 0.15) is 28.9 Å². The number of ketones is 1. The highest BCUT2D eigenvalue weighted by Crippen LogP contribution is 2.27. The Hall–Kier alpha value is -3.46. The molecule has 2 unspecified atom stereocenters. The standard InChI is InChI=1S/C24H25FN2O6/c1-16(28)20-11-18(25)7-8-22(20)32-14-19-12-26(9-10-31-19)23(29)13-27-21(15-33-24(27)30)17-5-3-2-4-6-17/h2-8,11,19,21H,9-10,12-15H2,1H3. The lowest BCUT2D eigenvalue weighted by Gasteiger charge is -2.34. The molecule has 2 atom stereocenters. The van der Waals surface area contributed by atoms with E-state index in [1.54, 1.807) is 4.90 Å². The maximum absolute atomic E-state index is 13.5. The van der Waals surface area contributed by atoms with E-state index in [0.29, 0.717) is 13.2 Å². The molecule has 2 heterocycles. The Morgan fingerprint density at radius 3 is 2.73 bits per heavy atom. The average Bonchev–Trinajstić information content (AvgIpc) is 3.18. The number of ether oxygens (including phenoxy) is 3. The summed E-state index contributed by atoms with van der Waals surface area (Å²) in [5, 5.41) is 0. The van der Waals surface area contributed by atoms with Crippen molar-refractivity contribution >= 4 is 17.8 Å². The number of cyclic esters (lactones) is 1. The van der Waals surface area contributed by atoms with Gasteiger partial charge in [-0.3, -0.25) is 14.5 Å². The fourth-order valence-corrected chi connectivity index (χ4v) is 3.95. The molecule has 2 aliphatic heterocycles. The Morgan fingerprint density at radius 2 is 1.97 bits per heavy atom. The molecule has 2 aromatic rings. The number of rotatable bonds is 7. The zero-order valence-corrected chi connectivity index (χ0v) is 18.2. The van der Waals surface area contributed by atoms with E-state index >= 15 is 0 Å². The largest absolute Gasteiger partial charge is 0.490 e. The Kier molecular flexibility index (Phi) is 6.88. The van der Waals surface area contributed by atoms with E-state index in [-0.39, 0.29) is 55.3 Å². The van der Waals surface area contributed by atoms with Crippen LogP contribution in [0.5, 0.6) is 5.75 Å². The first-order chi connectivity index (χ1) is 15.9. The minimum Gasteiger partial charge on any atom is -0.490 e. The van der Waals surface area contributed by atoms with Gasteiger partial charge in [-0.25, -0.2) is 9.18 Å². The fraction of sp³-hybridized carbons (Fsp3) is 0.375. The normalized spacial score (nSPS) is 20.5. The highest BCUT2D eigenvalue weighted by molar-refractivity contribution is 5.96. The van der Waals surface area contributed by atoms with E-state index in [2.05, 4.69) is 0 Å². The molecular formula is C24H25FN2O6. The van der Waals surface area contributed by atoms with Crippen LogP contribution in [-0.2, 0) is 14.3 Å². The number of hydrogen-bond donors (Lipinski definition) is 0. The van der Waals surface area contributed by atoms with Crippen LogP contribution >= 0.6 is 0 Å². The topological polar surface area (TPSA) is 85.4 Å². The zero-order valence-electron chi connectivity index (χ0n) is 18.2. The molecule has 2 amide bonds. The number of hydrogen-bond acceptors (Lipinski definition) is 6. The molecule has 0 aliphatic carbocycles. The summed E-state index contributed by atoms with van der Waals surface area (Å²) >= 11 is 0. The number of amides is 2. The van der Waals surface area contributed by atoms with Crippen LogP contribution in [0.25, 0.3) is 0 Å². The van der Waals surface area contributed by atoms with Crippen molar-refractivity contribution in [1.29, 1.82) is 0 Å². The summed E-state index contributed by atoms with van der Waals surface area (Å²) in [6.07, 6.45) is -0.943. The van der Waals surface area contributed by atoms with Crippen LogP contribution in [0.2, 0.25) is 0 Å². The highest BCUT2D eigenvalue weighted by atomic mass is 19.1. The van der Waals surface area contributed by atoms with Gasteiger partial charge in [0, 0.05) is 6.54 Å². The van der Waals surface area contributed by atoms with Crippen molar-refractivity contribution in [2.45, 2.75) is 19.1 Å². The van der Waals surface area contributed by atoms with Crippen molar-refractivity contribution in [3.05, 3.63) is 65.5 Å². The summed E-state index contributed by atoms with van der Waals surface area (Å²) in [5.41, 5.74) is 1.06. The van der Waals surface area contributed by atoms with Gasteiger partial charge in [0.15, 0.2) is 5.78 Å². The second-order valence-corrected chi connectivity index (χ2v) is 7.97. The molecule has 2 aliphatic rings. The molecular weight excluding hydrogens is 431 g/mol.